The van der Waals surface area contributed by atoms with E-state index in [1.807, 2.05) is 18.5 Å². The lowest BCUT2D eigenvalue weighted by Gasteiger charge is -2.26. The number of halogens is 1. The average Bonchev–Trinajstić information content (AvgIpc) is 3.09. The van der Waals surface area contributed by atoms with E-state index in [0.717, 1.165) is 70.0 Å². The summed E-state index contributed by atoms with van der Waals surface area (Å²) in [6.45, 7) is 13.8. The minimum Gasteiger partial charge on any atom is -0.379 e. The second-order valence-corrected chi connectivity index (χ2v) is 8.30. The van der Waals surface area contributed by atoms with Crippen LogP contribution < -0.4 is 10.6 Å². The predicted molar refractivity (Wildman–Crippen MR) is 138 cm³/mol. The number of aliphatic imine (C=N–C) groups is 1. The number of hydrogen-bond donors (Lipinski definition) is 2. The molecule has 2 heterocycles. The van der Waals surface area contributed by atoms with Crippen LogP contribution in [0.25, 0.3) is 0 Å². The summed E-state index contributed by atoms with van der Waals surface area (Å²) in [6, 6.07) is 0. The van der Waals surface area contributed by atoms with E-state index < -0.39 is 0 Å². The van der Waals surface area contributed by atoms with Gasteiger partial charge in [0.05, 0.1) is 13.2 Å². The Labute approximate surface area is 206 Å². The van der Waals surface area contributed by atoms with Crippen molar-refractivity contribution in [2.24, 2.45) is 18.0 Å². The smallest absolute Gasteiger partial charge is 0.191 e. The van der Waals surface area contributed by atoms with E-state index >= 15 is 0 Å². The van der Waals surface area contributed by atoms with Gasteiger partial charge in [-0.1, -0.05) is 33.1 Å². The van der Waals surface area contributed by atoms with Gasteiger partial charge in [-0.3, -0.25) is 4.90 Å². The third-order valence-electron chi connectivity index (χ3n) is 5.83. The highest BCUT2D eigenvalue weighted by Crippen LogP contribution is 2.13. The van der Waals surface area contributed by atoms with Crippen molar-refractivity contribution >= 4 is 29.9 Å². The van der Waals surface area contributed by atoms with Crippen molar-refractivity contribution in [2.45, 2.75) is 65.8 Å². The van der Waals surface area contributed by atoms with Gasteiger partial charge in [-0.25, -0.2) is 4.99 Å². The Hall–Kier alpha value is -0.940. The van der Waals surface area contributed by atoms with Crippen molar-refractivity contribution in [3.05, 3.63) is 11.6 Å². The summed E-state index contributed by atoms with van der Waals surface area (Å²) in [6.07, 6.45) is 7.42. The Morgan fingerprint density at radius 2 is 1.87 bits per heavy atom. The molecule has 1 aromatic heterocycles. The quantitative estimate of drug-likeness (QED) is 0.171. The second-order valence-electron chi connectivity index (χ2n) is 8.30. The molecule has 31 heavy (non-hydrogen) atoms. The highest BCUT2D eigenvalue weighted by atomic mass is 127. The lowest BCUT2D eigenvalue weighted by atomic mass is 9.97. The van der Waals surface area contributed by atoms with Crippen LogP contribution in [0.5, 0.6) is 0 Å². The first-order valence-electron chi connectivity index (χ1n) is 11.8. The van der Waals surface area contributed by atoms with E-state index in [-0.39, 0.29) is 24.0 Å². The zero-order valence-corrected chi connectivity index (χ0v) is 22.4. The van der Waals surface area contributed by atoms with Crippen LogP contribution in [0.4, 0.5) is 0 Å². The van der Waals surface area contributed by atoms with Crippen LogP contribution in [-0.4, -0.2) is 71.6 Å². The maximum Gasteiger partial charge on any atom is 0.191 e. The molecule has 0 amide bonds. The first kappa shape index (κ1) is 28.1. The summed E-state index contributed by atoms with van der Waals surface area (Å²) in [7, 11) is 1.99. The molecular formula is C22H44IN7O. The van der Waals surface area contributed by atoms with Crippen LogP contribution >= 0.6 is 24.0 Å². The van der Waals surface area contributed by atoms with Crippen molar-refractivity contribution in [2.75, 3.05) is 45.9 Å². The van der Waals surface area contributed by atoms with Gasteiger partial charge in [0, 0.05) is 33.2 Å². The molecule has 9 heteroatoms. The van der Waals surface area contributed by atoms with Crippen LogP contribution in [0.1, 0.15) is 64.0 Å². The van der Waals surface area contributed by atoms with Crippen LogP contribution in [0.15, 0.2) is 4.99 Å². The number of guanidine groups is 1. The number of rotatable bonds is 13. The van der Waals surface area contributed by atoms with Crippen molar-refractivity contribution in [1.82, 2.24) is 30.3 Å². The first-order valence-corrected chi connectivity index (χ1v) is 11.8. The standard InChI is InChI=1S/C22H43N7O.HI/c1-5-7-10-20(9-6-2)17-24-22(25-18-21-27-26-19(3)28(21)4)23-11-8-12-29-13-15-30-16-14-29;/h20H,5-18H2,1-4H3,(H2,23,24,25);1H. The van der Waals surface area contributed by atoms with Gasteiger partial charge in [0.25, 0.3) is 0 Å². The summed E-state index contributed by atoms with van der Waals surface area (Å²) in [5, 5.41) is 15.5. The molecule has 1 aromatic rings. The van der Waals surface area contributed by atoms with E-state index in [1.165, 1.54) is 32.1 Å². The predicted octanol–water partition coefficient (Wildman–Crippen LogP) is 3.11. The van der Waals surface area contributed by atoms with Crippen LogP contribution in [0.2, 0.25) is 0 Å². The molecule has 8 nitrogen and oxygen atoms in total. The van der Waals surface area contributed by atoms with Gasteiger partial charge >= 0.3 is 0 Å². The van der Waals surface area contributed by atoms with Crippen LogP contribution in [-0.2, 0) is 18.3 Å². The molecule has 1 unspecified atom stereocenters. The molecule has 1 aliphatic rings. The van der Waals surface area contributed by atoms with Crippen molar-refractivity contribution < 1.29 is 4.74 Å². The minimum absolute atomic E-state index is 0. The molecule has 0 aliphatic carbocycles. The molecule has 1 aliphatic heterocycles. The summed E-state index contributed by atoms with van der Waals surface area (Å²) in [5.74, 6) is 3.39. The molecule has 1 fully saturated rings. The maximum atomic E-state index is 5.43. The Kier molecular flexibility index (Phi) is 15.1. The lowest BCUT2D eigenvalue weighted by Crippen LogP contribution is -2.42. The topological polar surface area (TPSA) is 79.6 Å². The molecule has 0 spiro atoms. The van der Waals surface area contributed by atoms with E-state index in [4.69, 9.17) is 9.73 Å². The fraction of sp³-hybridized carbons (Fsp3) is 0.864. The van der Waals surface area contributed by atoms with Gasteiger partial charge in [0.1, 0.15) is 12.4 Å². The number of aromatic nitrogens is 3. The zero-order chi connectivity index (χ0) is 21.6. The minimum atomic E-state index is 0. The average molecular weight is 550 g/mol. The number of unbranched alkanes of at least 4 members (excludes halogenated alkanes) is 1. The summed E-state index contributed by atoms with van der Waals surface area (Å²) < 4.78 is 7.43. The third-order valence-corrected chi connectivity index (χ3v) is 5.83. The third kappa shape index (κ3) is 11.0. The first-order chi connectivity index (χ1) is 14.6. The van der Waals surface area contributed by atoms with E-state index in [9.17, 15) is 0 Å². The van der Waals surface area contributed by atoms with Gasteiger partial charge in [-0.05, 0) is 38.6 Å². The van der Waals surface area contributed by atoms with Gasteiger partial charge in [0.15, 0.2) is 11.8 Å². The lowest BCUT2D eigenvalue weighted by molar-refractivity contribution is 0.0376. The fourth-order valence-corrected chi connectivity index (χ4v) is 3.74. The Morgan fingerprint density at radius 3 is 2.52 bits per heavy atom. The van der Waals surface area contributed by atoms with E-state index in [2.05, 4.69) is 39.6 Å². The van der Waals surface area contributed by atoms with Crippen LogP contribution in [0, 0.1) is 12.8 Å². The van der Waals surface area contributed by atoms with Crippen molar-refractivity contribution in [3.8, 4) is 0 Å². The summed E-state index contributed by atoms with van der Waals surface area (Å²) >= 11 is 0. The molecule has 2 rings (SSSR count). The number of ether oxygens (including phenoxy) is 1. The molecule has 0 saturated carbocycles. The van der Waals surface area contributed by atoms with E-state index in [1.54, 1.807) is 0 Å². The number of hydrogen-bond acceptors (Lipinski definition) is 5. The Morgan fingerprint density at radius 1 is 1.10 bits per heavy atom. The molecular weight excluding hydrogens is 505 g/mol. The number of morpholine rings is 1. The highest BCUT2D eigenvalue weighted by molar-refractivity contribution is 14.0. The largest absolute Gasteiger partial charge is 0.379 e. The molecule has 180 valence electrons. The van der Waals surface area contributed by atoms with Gasteiger partial charge < -0.3 is 19.9 Å². The normalized spacial score (nSPS) is 16.1. The number of nitrogens with zero attached hydrogens (tertiary/aromatic N) is 5. The monoisotopic (exact) mass is 549 g/mol. The molecule has 1 atom stereocenters. The Bertz CT molecular complexity index is 617. The molecule has 2 N–H and O–H groups in total. The van der Waals surface area contributed by atoms with E-state index in [0.29, 0.717) is 12.5 Å². The highest BCUT2D eigenvalue weighted by Gasteiger charge is 2.11. The number of aryl methyl sites for hydroxylation is 1. The molecule has 0 bridgehead atoms. The molecule has 0 aromatic carbocycles. The number of nitrogens with one attached hydrogen (secondary N) is 2. The second kappa shape index (κ2) is 16.7. The Balaban J connectivity index is 0.00000480. The molecule has 0 radical (unpaired) electrons. The van der Waals surface area contributed by atoms with Gasteiger partial charge in [0.2, 0.25) is 0 Å². The van der Waals surface area contributed by atoms with Gasteiger partial charge in [-0.2, -0.15) is 0 Å². The SMILES string of the molecule is CCCCC(CCC)CNC(=NCc1nnc(C)n1C)NCCCN1CCOCC1.I. The fourth-order valence-electron chi connectivity index (χ4n) is 3.74. The van der Waals surface area contributed by atoms with Crippen LogP contribution in [0.3, 0.4) is 0 Å². The summed E-state index contributed by atoms with van der Waals surface area (Å²) in [4.78, 5) is 7.27. The van der Waals surface area contributed by atoms with Gasteiger partial charge in [-0.15, -0.1) is 34.2 Å². The molecule has 1 saturated heterocycles. The van der Waals surface area contributed by atoms with Crippen molar-refractivity contribution in [1.29, 1.82) is 0 Å². The zero-order valence-electron chi connectivity index (χ0n) is 20.0. The summed E-state index contributed by atoms with van der Waals surface area (Å²) in [5.41, 5.74) is 0. The van der Waals surface area contributed by atoms with Crippen molar-refractivity contribution in [3.63, 3.8) is 0 Å². The maximum absolute atomic E-state index is 5.43.